The van der Waals surface area contributed by atoms with Gasteiger partial charge in [0.2, 0.25) is 0 Å². The molecule has 5 rings (SSSR count). The van der Waals surface area contributed by atoms with Gasteiger partial charge in [-0.3, -0.25) is 0 Å². The van der Waals surface area contributed by atoms with Crippen LogP contribution in [0.15, 0.2) is 95.4 Å². The Balaban J connectivity index is 1.82. The van der Waals surface area contributed by atoms with E-state index in [1.807, 2.05) is 72.8 Å². The first-order chi connectivity index (χ1) is 14.0. The first-order valence-electron chi connectivity index (χ1n) is 9.19. The summed E-state index contributed by atoms with van der Waals surface area (Å²) in [5.41, 5.74) is 3.20. The molecule has 4 aromatic carbocycles. The third-order valence-electron chi connectivity index (χ3n) is 5.08. The molecule has 0 N–H and O–H groups in total. The zero-order valence-electron chi connectivity index (χ0n) is 15.2. The molecule has 0 spiro atoms. The minimum Gasteiger partial charge on any atom is -0.456 e. The second-order valence-corrected chi connectivity index (χ2v) is 6.94. The summed E-state index contributed by atoms with van der Waals surface area (Å²) < 4.78 is 46.9. The van der Waals surface area contributed by atoms with Gasteiger partial charge in [-0.25, -0.2) is 0 Å². The van der Waals surface area contributed by atoms with Gasteiger partial charge >= 0.3 is 6.18 Å². The third kappa shape index (κ3) is 3.07. The molecule has 142 valence electrons. The first kappa shape index (κ1) is 17.6. The minimum absolute atomic E-state index is 0.510. The predicted molar refractivity (Wildman–Crippen MR) is 110 cm³/mol. The Kier molecular flexibility index (Phi) is 3.95. The normalized spacial score (nSPS) is 12.0. The summed E-state index contributed by atoms with van der Waals surface area (Å²) in [6.07, 6.45) is -4.44. The molecule has 0 atom stereocenters. The topological polar surface area (TPSA) is 13.1 Å². The molecule has 0 amide bonds. The smallest absolute Gasteiger partial charge is 0.416 e. The van der Waals surface area contributed by atoms with Crippen LogP contribution in [0.5, 0.6) is 0 Å². The molecule has 0 saturated carbocycles. The standard InChI is InChI=1S/C25H15F3O/c26-25(27,28)19-14-17(16-7-2-1-3-8-16)13-18(15-19)20-10-6-12-23-24(20)21-9-4-5-11-22(21)29-23/h1-15H. The van der Waals surface area contributed by atoms with Crippen molar-refractivity contribution in [2.75, 3.05) is 0 Å². The van der Waals surface area contributed by atoms with Crippen LogP contribution in [-0.4, -0.2) is 0 Å². The van der Waals surface area contributed by atoms with Gasteiger partial charge in [0.15, 0.2) is 0 Å². The van der Waals surface area contributed by atoms with Gasteiger partial charge in [-0.05, 0) is 52.6 Å². The molecule has 1 nitrogen and oxygen atoms in total. The fourth-order valence-corrected chi connectivity index (χ4v) is 3.76. The van der Waals surface area contributed by atoms with E-state index in [2.05, 4.69) is 0 Å². The average Bonchev–Trinajstić information content (AvgIpc) is 3.12. The lowest BCUT2D eigenvalue weighted by Gasteiger charge is -2.13. The number of hydrogen-bond donors (Lipinski definition) is 0. The molecule has 0 unspecified atom stereocenters. The van der Waals surface area contributed by atoms with E-state index in [9.17, 15) is 13.2 Å². The number of benzene rings is 4. The van der Waals surface area contributed by atoms with Gasteiger partial charge in [0.25, 0.3) is 0 Å². The summed E-state index contributed by atoms with van der Waals surface area (Å²) in [6, 6.07) is 26.4. The van der Waals surface area contributed by atoms with E-state index in [1.165, 1.54) is 12.1 Å². The van der Waals surface area contributed by atoms with Crippen LogP contribution in [0.4, 0.5) is 13.2 Å². The fourth-order valence-electron chi connectivity index (χ4n) is 3.76. The molecule has 29 heavy (non-hydrogen) atoms. The Bertz CT molecular complexity index is 1330. The maximum absolute atomic E-state index is 13.7. The molecule has 1 heterocycles. The van der Waals surface area contributed by atoms with E-state index >= 15 is 0 Å². The van der Waals surface area contributed by atoms with Gasteiger partial charge in [0, 0.05) is 10.8 Å². The van der Waals surface area contributed by atoms with Crippen LogP contribution in [0, 0.1) is 0 Å². The lowest BCUT2D eigenvalue weighted by atomic mass is 9.93. The molecular formula is C25H15F3O. The number of furan rings is 1. The van der Waals surface area contributed by atoms with Crippen LogP contribution in [-0.2, 0) is 6.18 Å². The van der Waals surface area contributed by atoms with Crippen molar-refractivity contribution in [2.24, 2.45) is 0 Å². The maximum atomic E-state index is 13.7. The van der Waals surface area contributed by atoms with Crippen molar-refractivity contribution >= 4 is 21.9 Å². The van der Waals surface area contributed by atoms with E-state index in [0.29, 0.717) is 22.3 Å². The van der Waals surface area contributed by atoms with Crippen molar-refractivity contribution in [2.45, 2.75) is 6.18 Å². The van der Waals surface area contributed by atoms with Crippen molar-refractivity contribution in [1.82, 2.24) is 0 Å². The van der Waals surface area contributed by atoms with Gasteiger partial charge in [-0.15, -0.1) is 0 Å². The van der Waals surface area contributed by atoms with Gasteiger partial charge < -0.3 is 4.42 Å². The number of hydrogen-bond acceptors (Lipinski definition) is 1. The summed E-state index contributed by atoms with van der Waals surface area (Å²) in [7, 11) is 0. The van der Waals surface area contributed by atoms with Crippen LogP contribution >= 0.6 is 0 Å². The zero-order chi connectivity index (χ0) is 20.0. The Hall–Kier alpha value is -3.53. The van der Waals surface area contributed by atoms with Crippen LogP contribution in [0.3, 0.4) is 0 Å². The quantitative estimate of drug-likeness (QED) is 0.299. The molecule has 5 aromatic rings. The molecule has 0 saturated heterocycles. The minimum atomic E-state index is -4.44. The Labute approximate surface area is 165 Å². The highest BCUT2D eigenvalue weighted by atomic mass is 19.4. The summed E-state index contributed by atoms with van der Waals surface area (Å²) >= 11 is 0. The highest BCUT2D eigenvalue weighted by molar-refractivity contribution is 6.12. The van der Waals surface area contributed by atoms with Gasteiger partial charge in [0.05, 0.1) is 5.56 Å². The van der Waals surface area contributed by atoms with Gasteiger partial charge in [0.1, 0.15) is 11.2 Å². The molecule has 0 fully saturated rings. The number of fused-ring (bicyclic) bond motifs is 3. The summed E-state index contributed by atoms with van der Waals surface area (Å²) in [5, 5.41) is 1.71. The largest absolute Gasteiger partial charge is 0.456 e. The highest BCUT2D eigenvalue weighted by Crippen LogP contribution is 2.40. The monoisotopic (exact) mass is 388 g/mol. The number of para-hydroxylation sites is 1. The molecule has 0 aliphatic heterocycles. The summed E-state index contributed by atoms with van der Waals surface area (Å²) in [5.74, 6) is 0. The van der Waals surface area contributed by atoms with Crippen LogP contribution in [0.25, 0.3) is 44.2 Å². The van der Waals surface area contributed by atoms with Gasteiger partial charge in [-0.2, -0.15) is 13.2 Å². The number of alkyl halides is 3. The second kappa shape index (κ2) is 6.52. The van der Waals surface area contributed by atoms with Crippen LogP contribution in [0.1, 0.15) is 5.56 Å². The van der Waals surface area contributed by atoms with Crippen molar-refractivity contribution in [3.05, 3.63) is 96.6 Å². The van der Waals surface area contributed by atoms with Crippen molar-refractivity contribution in [3.8, 4) is 22.3 Å². The number of rotatable bonds is 2. The molecule has 4 heteroatoms. The summed E-state index contributed by atoms with van der Waals surface area (Å²) in [6.45, 7) is 0. The molecule has 0 aliphatic rings. The SMILES string of the molecule is FC(F)(F)c1cc(-c2ccccc2)cc(-c2cccc3oc4ccccc4c23)c1. The Morgan fingerprint density at radius 3 is 2.07 bits per heavy atom. The molecule has 0 radical (unpaired) electrons. The molecule has 0 aliphatic carbocycles. The van der Waals surface area contributed by atoms with E-state index in [0.717, 1.165) is 21.9 Å². The molecule has 0 bridgehead atoms. The zero-order valence-corrected chi connectivity index (χ0v) is 15.2. The van der Waals surface area contributed by atoms with Crippen molar-refractivity contribution in [1.29, 1.82) is 0 Å². The Morgan fingerprint density at radius 1 is 0.586 bits per heavy atom. The van der Waals surface area contributed by atoms with E-state index in [-0.39, 0.29) is 0 Å². The van der Waals surface area contributed by atoms with E-state index in [4.69, 9.17) is 4.42 Å². The predicted octanol–water partition coefficient (Wildman–Crippen LogP) is 7.94. The third-order valence-corrected chi connectivity index (χ3v) is 5.08. The van der Waals surface area contributed by atoms with Gasteiger partial charge in [-0.1, -0.05) is 60.7 Å². The molecule has 1 aromatic heterocycles. The highest BCUT2D eigenvalue weighted by Gasteiger charge is 2.31. The fraction of sp³-hybridized carbons (Fsp3) is 0.0400. The number of halogens is 3. The van der Waals surface area contributed by atoms with Crippen LogP contribution < -0.4 is 0 Å². The van der Waals surface area contributed by atoms with Crippen molar-refractivity contribution in [3.63, 3.8) is 0 Å². The summed E-state index contributed by atoms with van der Waals surface area (Å²) in [4.78, 5) is 0. The maximum Gasteiger partial charge on any atom is 0.416 e. The lowest BCUT2D eigenvalue weighted by Crippen LogP contribution is -2.05. The second-order valence-electron chi connectivity index (χ2n) is 6.94. The lowest BCUT2D eigenvalue weighted by molar-refractivity contribution is -0.137. The average molecular weight is 388 g/mol. The molecular weight excluding hydrogens is 373 g/mol. The van der Waals surface area contributed by atoms with Crippen LogP contribution in [0.2, 0.25) is 0 Å². The van der Waals surface area contributed by atoms with E-state index in [1.54, 1.807) is 6.07 Å². The first-order valence-corrected chi connectivity index (χ1v) is 9.19. The van der Waals surface area contributed by atoms with E-state index < -0.39 is 11.7 Å². The Morgan fingerprint density at radius 2 is 1.28 bits per heavy atom. The van der Waals surface area contributed by atoms with Crippen molar-refractivity contribution < 1.29 is 17.6 Å².